The van der Waals surface area contributed by atoms with Gasteiger partial charge in [0.25, 0.3) is 5.91 Å². The summed E-state index contributed by atoms with van der Waals surface area (Å²) in [6.07, 6.45) is 0.744. The van der Waals surface area contributed by atoms with Crippen molar-refractivity contribution in [2.24, 2.45) is 0 Å². The third-order valence-electron chi connectivity index (χ3n) is 2.96. The SMILES string of the molecule is CCc1cc(C(=O)NCCN2CCOCC2)no1. The second kappa shape index (κ2) is 6.51. The maximum atomic E-state index is 11.7. The molecular weight excluding hydrogens is 234 g/mol. The minimum atomic E-state index is -0.174. The number of aromatic nitrogens is 1. The molecule has 100 valence electrons. The van der Waals surface area contributed by atoms with Gasteiger partial charge in [-0.1, -0.05) is 12.1 Å². The molecule has 1 aromatic heterocycles. The van der Waals surface area contributed by atoms with Gasteiger partial charge in [0, 0.05) is 38.7 Å². The Morgan fingerprint density at radius 1 is 1.50 bits per heavy atom. The van der Waals surface area contributed by atoms with Crippen molar-refractivity contribution in [2.45, 2.75) is 13.3 Å². The van der Waals surface area contributed by atoms with E-state index in [4.69, 9.17) is 9.26 Å². The van der Waals surface area contributed by atoms with E-state index in [1.807, 2.05) is 6.92 Å². The van der Waals surface area contributed by atoms with Crippen molar-refractivity contribution in [3.63, 3.8) is 0 Å². The van der Waals surface area contributed by atoms with Crippen LogP contribution in [-0.2, 0) is 11.2 Å². The Morgan fingerprint density at radius 2 is 2.28 bits per heavy atom. The van der Waals surface area contributed by atoms with Gasteiger partial charge in [-0.05, 0) is 0 Å². The summed E-state index contributed by atoms with van der Waals surface area (Å²) >= 11 is 0. The largest absolute Gasteiger partial charge is 0.379 e. The molecule has 0 atom stereocenters. The van der Waals surface area contributed by atoms with Crippen LogP contribution in [0.1, 0.15) is 23.2 Å². The van der Waals surface area contributed by atoms with Crippen molar-refractivity contribution in [1.29, 1.82) is 0 Å². The molecule has 0 aliphatic carbocycles. The van der Waals surface area contributed by atoms with Crippen LogP contribution in [0.25, 0.3) is 0 Å². The Morgan fingerprint density at radius 3 is 2.94 bits per heavy atom. The third kappa shape index (κ3) is 3.54. The monoisotopic (exact) mass is 253 g/mol. The highest BCUT2D eigenvalue weighted by Crippen LogP contribution is 2.03. The van der Waals surface area contributed by atoms with Gasteiger partial charge in [-0.2, -0.15) is 0 Å². The number of nitrogens with one attached hydrogen (secondary N) is 1. The number of ether oxygens (including phenoxy) is 1. The second-order valence-electron chi connectivity index (χ2n) is 4.24. The standard InChI is InChI=1S/C12H19N3O3/c1-2-10-9-11(14-18-10)12(16)13-3-4-15-5-7-17-8-6-15/h9H,2-8H2,1H3,(H,13,16). The highest BCUT2D eigenvalue weighted by molar-refractivity contribution is 5.92. The lowest BCUT2D eigenvalue weighted by Crippen LogP contribution is -2.41. The van der Waals surface area contributed by atoms with Crippen LogP contribution in [0.4, 0.5) is 0 Å². The van der Waals surface area contributed by atoms with Crippen molar-refractivity contribution < 1.29 is 14.1 Å². The maximum absolute atomic E-state index is 11.7. The van der Waals surface area contributed by atoms with Crippen molar-refractivity contribution >= 4 is 5.91 Å². The molecule has 2 heterocycles. The molecule has 1 N–H and O–H groups in total. The maximum Gasteiger partial charge on any atom is 0.273 e. The van der Waals surface area contributed by atoms with Crippen LogP contribution in [0.2, 0.25) is 0 Å². The van der Waals surface area contributed by atoms with Crippen LogP contribution in [0.15, 0.2) is 10.6 Å². The average Bonchev–Trinajstić information content (AvgIpc) is 2.89. The van der Waals surface area contributed by atoms with Crippen molar-refractivity contribution in [3.05, 3.63) is 17.5 Å². The summed E-state index contributed by atoms with van der Waals surface area (Å²) in [5, 5.41) is 6.57. The zero-order valence-corrected chi connectivity index (χ0v) is 10.6. The highest BCUT2D eigenvalue weighted by atomic mass is 16.5. The summed E-state index contributed by atoms with van der Waals surface area (Å²) in [5.74, 6) is 0.556. The molecule has 0 spiro atoms. The Labute approximate surface area is 106 Å². The van der Waals surface area contributed by atoms with Crippen LogP contribution in [-0.4, -0.2) is 55.4 Å². The van der Waals surface area contributed by atoms with Crippen molar-refractivity contribution in [2.75, 3.05) is 39.4 Å². The van der Waals surface area contributed by atoms with Gasteiger partial charge in [0.1, 0.15) is 5.76 Å². The summed E-state index contributed by atoms with van der Waals surface area (Å²) in [6.45, 7) is 6.83. The van der Waals surface area contributed by atoms with E-state index in [2.05, 4.69) is 15.4 Å². The minimum absolute atomic E-state index is 0.174. The van der Waals surface area contributed by atoms with Crippen LogP contribution < -0.4 is 5.32 Å². The van der Waals surface area contributed by atoms with E-state index in [0.29, 0.717) is 12.2 Å². The number of rotatable bonds is 5. The Balaban J connectivity index is 1.70. The molecule has 1 fully saturated rings. The minimum Gasteiger partial charge on any atom is -0.379 e. The first kappa shape index (κ1) is 13.0. The molecule has 18 heavy (non-hydrogen) atoms. The fourth-order valence-corrected chi connectivity index (χ4v) is 1.83. The number of nitrogens with zero attached hydrogens (tertiary/aromatic N) is 2. The first-order valence-electron chi connectivity index (χ1n) is 6.33. The van der Waals surface area contributed by atoms with Gasteiger partial charge >= 0.3 is 0 Å². The molecule has 0 saturated carbocycles. The first-order valence-corrected chi connectivity index (χ1v) is 6.33. The summed E-state index contributed by atoms with van der Waals surface area (Å²) in [4.78, 5) is 14.0. The molecular formula is C12H19N3O3. The quantitative estimate of drug-likeness (QED) is 0.817. The summed E-state index contributed by atoms with van der Waals surface area (Å²) < 4.78 is 10.3. The van der Waals surface area contributed by atoms with Gasteiger partial charge in [-0.3, -0.25) is 9.69 Å². The normalized spacial score (nSPS) is 16.7. The highest BCUT2D eigenvalue weighted by Gasteiger charge is 2.13. The van der Waals surface area contributed by atoms with Gasteiger partial charge in [0.2, 0.25) is 0 Å². The van der Waals surface area contributed by atoms with Crippen molar-refractivity contribution in [3.8, 4) is 0 Å². The van der Waals surface area contributed by atoms with Gasteiger partial charge in [-0.15, -0.1) is 0 Å². The van der Waals surface area contributed by atoms with Gasteiger partial charge < -0.3 is 14.6 Å². The molecule has 1 amide bonds. The molecule has 1 aliphatic rings. The molecule has 0 radical (unpaired) electrons. The van der Waals surface area contributed by atoms with E-state index in [0.717, 1.165) is 45.0 Å². The number of morpholine rings is 1. The number of aryl methyl sites for hydroxylation is 1. The number of amides is 1. The molecule has 1 aliphatic heterocycles. The molecule has 1 aromatic rings. The lowest BCUT2D eigenvalue weighted by atomic mass is 10.3. The number of carbonyl (C=O) groups excluding carboxylic acids is 1. The van der Waals surface area contributed by atoms with E-state index >= 15 is 0 Å². The van der Waals surface area contributed by atoms with Crippen LogP contribution in [0.3, 0.4) is 0 Å². The first-order chi connectivity index (χ1) is 8.79. The summed E-state index contributed by atoms with van der Waals surface area (Å²) in [7, 11) is 0. The smallest absolute Gasteiger partial charge is 0.273 e. The molecule has 0 unspecified atom stereocenters. The van der Waals surface area contributed by atoms with Gasteiger partial charge in [0.05, 0.1) is 13.2 Å². The fourth-order valence-electron chi connectivity index (χ4n) is 1.83. The predicted octanol–water partition coefficient (Wildman–Crippen LogP) is 0.299. The molecule has 0 aromatic carbocycles. The molecule has 0 bridgehead atoms. The average molecular weight is 253 g/mol. The third-order valence-corrected chi connectivity index (χ3v) is 2.96. The Kier molecular flexibility index (Phi) is 4.72. The second-order valence-corrected chi connectivity index (χ2v) is 4.24. The van der Waals surface area contributed by atoms with Gasteiger partial charge in [-0.25, -0.2) is 0 Å². The lowest BCUT2D eigenvalue weighted by molar-refractivity contribution is 0.0383. The Bertz CT molecular complexity index is 386. The van der Waals surface area contributed by atoms with E-state index in [-0.39, 0.29) is 5.91 Å². The molecule has 1 saturated heterocycles. The topological polar surface area (TPSA) is 67.6 Å². The summed E-state index contributed by atoms with van der Waals surface area (Å²) in [5.41, 5.74) is 0.355. The fraction of sp³-hybridized carbons (Fsp3) is 0.667. The van der Waals surface area contributed by atoms with Crippen LogP contribution in [0, 0.1) is 0 Å². The predicted molar refractivity (Wildman–Crippen MR) is 65.5 cm³/mol. The zero-order valence-electron chi connectivity index (χ0n) is 10.6. The van der Waals surface area contributed by atoms with Crippen molar-refractivity contribution in [1.82, 2.24) is 15.4 Å². The zero-order chi connectivity index (χ0) is 12.8. The van der Waals surface area contributed by atoms with Gasteiger partial charge in [0.15, 0.2) is 5.69 Å². The van der Waals surface area contributed by atoms with Crippen LogP contribution in [0.5, 0.6) is 0 Å². The number of hydrogen-bond donors (Lipinski definition) is 1. The summed E-state index contributed by atoms with van der Waals surface area (Å²) in [6, 6.07) is 1.68. The lowest BCUT2D eigenvalue weighted by Gasteiger charge is -2.26. The Hall–Kier alpha value is -1.40. The van der Waals surface area contributed by atoms with E-state index in [9.17, 15) is 4.79 Å². The molecule has 6 nitrogen and oxygen atoms in total. The number of carbonyl (C=O) groups is 1. The number of hydrogen-bond acceptors (Lipinski definition) is 5. The van der Waals surface area contributed by atoms with Crippen LogP contribution >= 0.6 is 0 Å². The van der Waals surface area contributed by atoms with E-state index in [1.165, 1.54) is 0 Å². The van der Waals surface area contributed by atoms with E-state index in [1.54, 1.807) is 6.07 Å². The molecule has 6 heteroatoms. The molecule has 2 rings (SSSR count). The van der Waals surface area contributed by atoms with E-state index < -0.39 is 0 Å².